The lowest BCUT2D eigenvalue weighted by molar-refractivity contribution is -0.135. The van der Waals surface area contributed by atoms with Crippen LogP contribution in [0.5, 0.6) is 28.7 Å². The number of methoxy groups -OCH3 is 3. The molecule has 0 amide bonds. The van der Waals surface area contributed by atoms with E-state index in [9.17, 15) is 9.59 Å². The highest BCUT2D eigenvalue weighted by Crippen LogP contribution is 2.49. The molecule has 34 heavy (non-hydrogen) atoms. The van der Waals surface area contributed by atoms with E-state index in [0.717, 1.165) is 11.1 Å². The number of fused-ring (bicyclic) bond motifs is 3. The van der Waals surface area contributed by atoms with E-state index in [-0.39, 0.29) is 29.9 Å². The molecule has 1 unspecified atom stereocenters. The Kier molecular flexibility index (Phi) is 5.45. The maximum absolute atomic E-state index is 13.2. The van der Waals surface area contributed by atoms with Crippen LogP contribution in [-0.2, 0) is 4.79 Å². The second-order valence-corrected chi connectivity index (χ2v) is 7.91. The summed E-state index contributed by atoms with van der Waals surface area (Å²) in [6.45, 7) is 0. The minimum Gasteiger partial charge on any atom is -0.497 e. The molecule has 3 aromatic carbocycles. The second-order valence-electron chi connectivity index (χ2n) is 7.91. The fraction of sp³-hybridized carbons (Fsp3) is 0.185. The number of esters is 1. The molecule has 3 aromatic rings. The van der Waals surface area contributed by atoms with Gasteiger partial charge in [0.2, 0.25) is 5.78 Å². The maximum Gasteiger partial charge on any atom is 0.312 e. The van der Waals surface area contributed by atoms with Gasteiger partial charge in [-0.15, -0.1) is 0 Å². The lowest BCUT2D eigenvalue weighted by Crippen LogP contribution is -2.21. The molecule has 0 fully saturated rings. The third kappa shape index (κ3) is 3.65. The molecule has 2 heterocycles. The number of benzene rings is 3. The number of hydrogen-bond acceptors (Lipinski definition) is 7. The Balaban J connectivity index is 1.56. The number of ketones is 1. The Hall–Kier alpha value is -4.26. The molecular weight excluding hydrogens is 436 g/mol. The maximum atomic E-state index is 13.2. The number of rotatable bonds is 5. The molecule has 5 rings (SSSR count). The van der Waals surface area contributed by atoms with Crippen molar-refractivity contribution < 1.29 is 33.3 Å². The quantitative estimate of drug-likeness (QED) is 0.310. The van der Waals surface area contributed by atoms with Crippen molar-refractivity contribution in [1.29, 1.82) is 0 Å². The van der Waals surface area contributed by atoms with E-state index in [1.807, 2.05) is 30.3 Å². The zero-order valence-electron chi connectivity index (χ0n) is 18.9. The number of Topliss-reactive ketones (excluding diaryl/α,β-unsaturated/α-hetero) is 1. The van der Waals surface area contributed by atoms with Crippen molar-refractivity contribution in [1.82, 2.24) is 0 Å². The summed E-state index contributed by atoms with van der Waals surface area (Å²) < 4.78 is 27.5. The van der Waals surface area contributed by atoms with Crippen LogP contribution in [0.15, 0.2) is 60.4 Å². The van der Waals surface area contributed by atoms with Crippen LogP contribution in [0.2, 0.25) is 0 Å². The normalized spacial score (nSPS) is 17.5. The van der Waals surface area contributed by atoms with E-state index in [2.05, 4.69) is 0 Å². The third-order valence-corrected chi connectivity index (χ3v) is 6.00. The monoisotopic (exact) mass is 458 g/mol. The number of ether oxygens (including phenoxy) is 5. The van der Waals surface area contributed by atoms with Crippen LogP contribution in [0.25, 0.3) is 6.08 Å². The second kappa shape index (κ2) is 8.59. The number of carbonyl (C=O) groups is 2. The fourth-order valence-electron chi connectivity index (χ4n) is 4.32. The molecule has 7 nitrogen and oxygen atoms in total. The van der Waals surface area contributed by atoms with Crippen LogP contribution in [0, 0.1) is 0 Å². The van der Waals surface area contributed by atoms with E-state index >= 15 is 0 Å². The molecule has 0 radical (unpaired) electrons. The van der Waals surface area contributed by atoms with Crippen molar-refractivity contribution in [2.24, 2.45) is 0 Å². The highest BCUT2D eigenvalue weighted by atomic mass is 16.5. The number of carbonyl (C=O) groups excluding carboxylic acids is 2. The van der Waals surface area contributed by atoms with Gasteiger partial charge in [0.15, 0.2) is 17.3 Å². The Morgan fingerprint density at radius 3 is 2.32 bits per heavy atom. The Bertz CT molecular complexity index is 1320. The number of allylic oxidation sites excluding steroid dienone is 1. The fourth-order valence-corrected chi connectivity index (χ4v) is 4.32. The zero-order chi connectivity index (χ0) is 23.8. The summed E-state index contributed by atoms with van der Waals surface area (Å²) in [5.74, 6) is 1.96. The lowest BCUT2D eigenvalue weighted by atomic mass is 9.84. The molecule has 2 aliphatic rings. The van der Waals surface area contributed by atoms with Crippen molar-refractivity contribution >= 4 is 17.8 Å². The molecular formula is C27H22O7. The van der Waals surface area contributed by atoms with Crippen molar-refractivity contribution in [2.75, 3.05) is 21.3 Å². The Morgan fingerprint density at radius 1 is 0.853 bits per heavy atom. The van der Waals surface area contributed by atoms with Crippen LogP contribution >= 0.6 is 0 Å². The first-order valence-electron chi connectivity index (χ1n) is 10.7. The molecule has 0 saturated heterocycles. The molecule has 172 valence electrons. The summed E-state index contributed by atoms with van der Waals surface area (Å²) in [6.07, 6.45) is 1.80. The van der Waals surface area contributed by atoms with Gasteiger partial charge in [0.05, 0.1) is 33.3 Å². The van der Waals surface area contributed by atoms with Gasteiger partial charge in [0, 0.05) is 11.5 Å². The van der Waals surface area contributed by atoms with E-state index < -0.39 is 0 Å². The first-order chi connectivity index (χ1) is 16.5. The molecule has 0 aliphatic carbocycles. The first-order valence-corrected chi connectivity index (χ1v) is 10.7. The summed E-state index contributed by atoms with van der Waals surface area (Å²) in [5, 5.41) is 0. The molecule has 7 heteroatoms. The Labute approximate surface area is 196 Å². The zero-order valence-corrected chi connectivity index (χ0v) is 18.9. The summed E-state index contributed by atoms with van der Waals surface area (Å²) in [5.41, 5.74) is 2.74. The summed E-state index contributed by atoms with van der Waals surface area (Å²) in [7, 11) is 4.71. The molecule has 0 spiro atoms. The van der Waals surface area contributed by atoms with E-state index in [0.29, 0.717) is 39.9 Å². The van der Waals surface area contributed by atoms with Crippen molar-refractivity contribution in [3.8, 4) is 28.7 Å². The molecule has 0 aromatic heterocycles. The molecule has 0 N–H and O–H groups in total. The van der Waals surface area contributed by atoms with E-state index in [4.69, 9.17) is 23.7 Å². The minimum absolute atomic E-state index is 0.141. The number of hydrogen-bond donors (Lipinski definition) is 0. The van der Waals surface area contributed by atoms with Crippen LogP contribution in [0.1, 0.15) is 39.4 Å². The van der Waals surface area contributed by atoms with Gasteiger partial charge in [0.1, 0.15) is 17.2 Å². The molecule has 1 atom stereocenters. The standard InChI is InChI=1S/C27H22O7/c1-30-17-7-5-16(6-8-17)19-14-24(28)33-21-11-9-18-26(29)23(34-27(18)25(19)21)13-15-4-10-20(31-2)22(12-15)32-3/h4-13,19H,14H2,1-3H3/b23-13-. The average molecular weight is 458 g/mol. The van der Waals surface area contributed by atoms with E-state index in [1.54, 1.807) is 51.7 Å². The van der Waals surface area contributed by atoms with Crippen LogP contribution in [0.4, 0.5) is 0 Å². The highest BCUT2D eigenvalue weighted by molar-refractivity contribution is 6.15. The average Bonchev–Trinajstić information content (AvgIpc) is 3.18. The van der Waals surface area contributed by atoms with Gasteiger partial charge in [-0.1, -0.05) is 18.2 Å². The van der Waals surface area contributed by atoms with Gasteiger partial charge >= 0.3 is 5.97 Å². The van der Waals surface area contributed by atoms with Gasteiger partial charge in [-0.3, -0.25) is 9.59 Å². The topological polar surface area (TPSA) is 80.3 Å². The smallest absolute Gasteiger partial charge is 0.312 e. The summed E-state index contributed by atoms with van der Waals surface area (Å²) >= 11 is 0. The molecule has 2 aliphatic heterocycles. The summed E-state index contributed by atoms with van der Waals surface area (Å²) in [6, 6.07) is 16.1. The largest absolute Gasteiger partial charge is 0.497 e. The first kappa shape index (κ1) is 21.6. The van der Waals surface area contributed by atoms with Gasteiger partial charge < -0.3 is 23.7 Å². The van der Waals surface area contributed by atoms with Gasteiger partial charge in [-0.2, -0.15) is 0 Å². The predicted molar refractivity (Wildman–Crippen MR) is 124 cm³/mol. The molecule has 0 saturated carbocycles. The lowest BCUT2D eigenvalue weighted by Gasteiger charge is -2.26. The Morgan fingerprint density at radius 2 is 1.62 bits per heavy atom. The van der Waals surface area contributed by atoms with E-state index in [1.165, 1.54) is 0 Å². The van der Waals surface area contributed by atoms with Crippen LogP contribution < -0.4 is 23.7 Å². The van der Waals surface area contributed by atoms with Crippen molar-refractivity contribution in [2.45, 2.75) is 12.3 Å². The minimum atomic E-state index is -0.335. The highest BCUT2D eigenvalue weighted by Gasteiger charge is 2.38. The van der Waals surface area contributed by atoms with Crippen molar-refractivity contribution in [3.63, 3.8) is 0 Å². The van der Waals surface area contributed by atoms with Gasteiger partial charge in [-0.05, 0) is 53.6 Å². The van der Waals surface area contributed by atoms with Gasteiger partial charge in [-0.25, -0.2) is 0 Å². The summed E-state index contributed by atoms with van der Waals surface area (Å²) in [4.78, 5) is 25.5. The van der Waals surface area contributed by atoms with Crippen LogP contribution in [0.3, 0.4) is 0 Å². The van der Waals surface area contributed by atoms with Crippen LogP contribution in [-0.4, -0.2) is 33.1 Å². The SMILES string of the molecule is COc1ccc(C2CC(=O)Oc3ccc4c(c32)O/C(=C\c2ccc(OC)c(OC)c2)C4=O)cc1. The van der Waals surface area contributed by atoms with Gasteiger partial charge in [0.25, 0.3) is 0 Å². The van der Waals surface area contributed by atoms with Crippen molar-refractivity contribution in [3.05, 3.63) is 82.6 Å². The molecule has 0 bridgehead atoms. The predicted octanol–water partition coefficient (Wildman–Crippen LogP) is 4.77. The third-order valence-electron chi connectivity index (χ3n) is 6.00.